The first-order valence-corrected chi connectivity index (χ1v) is 6.79. The quantitative estimate of drug-likeness (QED) is 0.777. The van der Waals surface area contributed by atoms with Crippen molar-refractivity contribution in [2.45, 2.75) is 19.6 Å². The van der Waals surface area contributed by atoms with Crippen molar-refractivity contribution in [1.82, 2.24) is 4.98 Å². The molecule has 0 radical (unpaired) electrons. The lowest BCUT2D eigenvalue weighted by molar-refractivity contribution is 0.212. The number of hydrogen-bond donors (Lipinski definition) is 1. The van der Waals surface area contributed by atoms with Crippen molar-refractivity contribution in [2.75, 3.05) is 13.2 Å². The van der Waals surface area contributed by atoms with Crippen LogP contribution in [0.25, 0.3) is 0 Å². The molecule has 6 heteroatoms. The van der Waals surface area contributed by atoms with Gasteiger partial charge >= 0.3 is 7.60 Å². The molecule has 1 heterocycles. The molecule has 0 aromatic carbocycles. The van der Waals surface area contributed by atoms with Crippen molar-refractivity contribution in [1.29, 1.82) is 0 Å². The van der Waals surface area contributed by atoms with Crippen molar-refractivity contribution in [2.24, 2.45) is 5.73 Å². The van der Waals surface area contributed by atoms with E-state index in [0.717, 1.165) is 0 Å². The number of hydrogen-bond acceptors (Lipinski definition) is 5. The van der Waals surface area contributed by atoms with Crippen LogP contribution in [0.4, 0.5) is 0 Å². The second kappa shape index (κ2) is 6.11. The highest BCUT2D eigenvalue weighted by atomic mass is 31.2. The molecule has 1 unspecified atom stereocenters. The van der Waals surface area contributed by atoms with Gasteiger partial charge in [-0.3, -0.25) is 9.55 Å². The summed E-state index contributed by atoms with van der Waals surface area (Å²) < 4.78 is 22.6. The Hall–Kier alpha value is -0.740. The number of aromatic nitrogens is 1. The topological polar surface area (TPSA) is 74.4 Å². The fraction of sp³-hybridized carbons (Fsp3) is 0.500. The molecule has 0 fully saturated rings. The minimum Gasteiger partial charge on any atom is -0.314 e. The number of nitrogens with zero attached hydrogens (tertiary/aromatic N) is 1. The fourth-order valence-electron chi connectivity index (χ4n) is 1.29. The Morgan fingerprint density at radius 1 is 1.44 bits per heavy atom. The maximum Gasteiger partial charge on any atom is 0.351 e. The van der Waals surface area contributed by atoms with Gasteiger partial charge in [-0.1, -0.05) is 6.07 Å². The summed E-state index contributed by atoms with van der Waals surface area (Å²) in [4.78, 5) is 3.93. The average Bonchev–Trinajstić information content (AvgIpc) is 2.30. The molecule has 1 atom stereocenters. The van der Waals surface area contributed by atoms with Crippen molar-refractivity contribution in [3.63, 3.8) is 0 Å². The summed E-state index contributed by atoms with van der Waals surface area (Å²) in [5.74, 6) is -0.791. The van der Waals surface area contributed by atoms with Crippen LogP contribution in [0, 0.1) is 0 Å². The van der Waals surface area contributed by atoms with Crippen LogP contribution in [0.3, 0.4) is 0 Å². The van der Waals surface area contributed by atoms with Crippen LogP contribution in [0.5, 0.6) is 0 Å². The molecule has 2 N–H and O–H groups in total. The molecule has 1 aromatic rings. The van der Waals surface area contributed by atoms with Crippen LogP contribution in [0.15, 0.2) is 24.5 Å². The lowest BCUT2D eigenvalue weighted by atomic mass is 10.3. The smallest absolute Gasteiger partial charge is 0.314 e. The lowest BCUT2D eigenvalue weighted by Gasteiger charge is -2.22. The van der Waals surface area contributed by atoms with Gasteiger partial charge in [0, 0.05) is 12.4 Å². The first-order valence-electron chi connectivity index (χ1n) is 5.18. The SMILES string of the molecule is CCOP(=O)(OCC)C(N)c1cccnc1. The van der Waals surface area contributed by atoms with E-state index in [2.05, 4.69) is 4.98 Å². The number of pyridine rings is 1. The molecule has 16 heavy (non-hydrogen) atoms. The normalized spacial score (nSPS) is 13.7. The summed E-state index contributed by atoms with van der Waals surface area (Å²) in [7, 11) is -3.29. The number of rotatable bonds is 6. The second-order valence-corrected chi connectivity index (χ2v) is 5.26. The van der Waals surface area contributed by atoms with E-state index in [0.29, 0.717) is 18.8 Å². The molecular weight excluding hydrogens is 227 g/mol. The highest BCUT2D eigenvalue weighted by Gasteiger charge is 2.33. The largest absolute Gasteiger partial charge is 0.351 e. The molecular formula is C10H17N2O3P. The van der Waals surface area contributed by atoms with Crippen molar-refractivity contribution >= 4 is 7.60 Å². The van der Waals surface area contributed by atoms with E-state index in [-0.39, 0.29) is 0 Å². The summed E-state index contributed by atoms with van der Waals surface area (Å²) >= 11 is 0. The zero-order chi connectivity index (χ0) is 12.0. The zero-order valence-corrected chi connectivity index (χ0v) is 10.4. The second-order valence-electron chi connectivity index (χ2n) is 3.11. The van der Waals surface area contributed by atoms with Gasteiger partial charge in [-0.2, -0.15) is 0 Å². The minimum atomic E-state index is -3.29. The predicted molar refractivity (Wildman–Crippen MR) is 62.0 cm³/mol. The Morgan fingerprint density at radius 3 is 2.50 bits per heavy atom. The van der Waals surface area contributed by atoms with E-state index in [1.807, 2.05) is 0 Å². The highest BCUT2D eigenvalue weighted by molar-refractivity contribution is 7.54. The Labute approximate surface area is 95.5 Å². The third kappa shape index (κ3) is 3.12. The minimum absolute atomic E-state index is 0.297. The highest BCUT2D eigenvalue weighted by Crippen LogP contribution is 2.57. The van der Waals surface area contributed by atoms with Gasteiger partial charge in [0.25, 0.3) is 0 Å². The van der Waals surface area contributed by atoms with Gasteiger partial charge in [-0.15, -0.1) is 0 Å². The first kappa shape index (κ1) is 13.3. The third-order valence-electron chi connectivity index (χ3n) is 1.98. The van der Waals surface area contributed by atoms with Crippen LogP contribution >= 0.6 is 7.60 Å². The molecule has 0 amide bonds. The van der Waals surface area contributed by atoms with E-state index in [1.165, 1.54) is 0 Å². The van der Waals surface area contributed by atoms with Crippen LogP contribution in [0.1, 0.15) is 25.2 Å². The van der Waals surface area contributed by atoms with Gasteiger partial charge in [-0.05, 0) is 25.5 Å². The van der Waals surface area contributed by atoms with Crippen molar-refractivity contribution in [3.8, 4) is 0 Å². The first-order chi connectivity index (χ1) is 7.64. The van der Waals surface area contributed by atoms with Crippen LogP contribution < -0.4 is 5.73 Å². The maximum atomic E-state index is 12.3. The van der Waals surface area contributed by atoms with Crippen molar-refractivity contribution < 1.29 is 13.6 Å². The van der Waals surface area contributed by atoms with Gasteiger partial charge in [0.1, 0.15) is 5.78 Å². The van der Waals surface area contributed by atoms with Crippen LogP contribution in [-0.4, -0.2) is 18.2 Å². The Morgan fingerprint density at radius 2 is 2.06 bits per heavy atom. The lowest BCUT2D eigenvalue weighted by Crippen LogP contribution is -2.15. The molecule has 0 saturated heterocycles. The summed E-state index contributed by atoms with van der Waals surface area (Å²) in [6.07, 6.45) is 3.19. The standard InChI is InChI=1S/C10H17N2O3P/c1-3-14-16(13,15-4-2)10(11)9-6-5-7-12-8-9/h5-8,10H,3-4,11H2,1-2H3. The molecule has 0 aliphatic rings. The monoisotopic (exact) mass is 244 g/mol. The van der Waals surface area contributed by atoms with Crippen LogP contribution in [-0.2, 0) is 13.6 Å². The van der Waals surface area contributed by atoms with E-state index < -0.39 is 13.4 Å². The predicted octanol–water partition coefficient (Wildman–Crippen LogP) is 2.31. The Bertz CT molecular complexity index is 348. The third-order valence-corrected chi connectivity index (χ3v) is 4.20. The summed E-state index contributed by atoms with van der Waals surface area (Å²) in [6.45, 7) is 4.10. The van der Waals surface area contributed by atoms with Gasteiger partial charge in [0.05, 0.1) is 13.2 Å². The summed E-state index contributed by atoms with van der Waals surface area (Å²) in [5.41, 5.74) is 6.54. The van der Waals surface area contributed by atoms with Gasteiger partial charge in [0.2, 0.25) is 0 Å². The molecule has 0 aliphatic heterocycles. The zero-order valence-electron chi connectivity index (χ0n) is 9.50. The summed E-state index contributed by atoms with van der Waals surface area (Å²) in [6, 6.07) is 3.49. The maximum absolute atomic E-state index is 12.3. The molecule has 0 aliphatic carbocycles. The molecule has 0 saturated carbocycles. The number of nitrogens with two attached hydrogens (primary N) is 1. The van der Waals surface area contributed by atoms with Crippen LogP contribution in [0.2, 0.25) is 0 Å². The van der Waals surface area contributed by atoms with Gasteiger partial charge < -0.3 is 14.8 Å². The van der Waals surface area contributed by atoms with E-state index >= 15 is 0 Å². The molecule has 0 bridgehead atoms. The molecule has 1 rings (SSSR count). The molecule has 90 valence electrons. The molecule has 1 aromatic heterocycles. The van der Waals surface area contributed by atoms with E-state index in [4.69, 9.17) is 14.8 Å². The molecule has 0 spiro atoms. The van der Waals surface area contributed by atoms with Gasteiger partial charge in [0.15, 0.2) is 0 Å². The average molecular weight is 244 g/mol. The fourth-order valence-corrected chi connectivity index (χ4v) is 2.92. The Kier molecular flexibility index (Phi) is 5.09. The Balaban J connectivity index is 2.91. The summed E-state index contributed by atoms with van der Waals surface area (Å²) in [5, 5.41) is 0. The van der Waals surface area contributed by atoms with Crippen molar-refractivity contribution in [3.05, 3.63) is 30.1 Å². The van der Waals surface area contributed by atoms with E-state index in [9.17, 15) is 4.57 Å². The van der Waals surface area contributed by atoms with Gasteiger partial charge in [-0.25, -0.2) is 0 Å². The van der Waals surface area contributed by atoms with E-state index in [1.54, 1.807) is 38.4 Å². The molecule has 5 nitrogen and oxygen atoms in total.